The van der Waals surface area contributed by atoms with Crippen molar-refractivity contribution >= 4 is 5.91 Å². The summed E-state index contributed by atoms with van der Waals surface area (Å²) in [5.74, 6) is -0.232. The van der Waals surface area contributed by atoms with Crippen molar-refractivity contribution in [2.75, 3.05) is 19.7 Å². The molecule has 1 aliphatic heterocycles. The molecule has 19 heavy (non-hydrogen) atoms. The van der Waals surface area contributed by atoms with Gasteiger partial charge in [-0.15, -0.1) is 0 Å². The quantitative estimate of drug-likeness (QED) is 0.881. The van der Waals surface area contributed by atoms with E-state index >= 15 is 0 Å². The fourth-order valence-corrected chi connectivity index (χ4v) is 2.12. The Morgan fingerprint density at radius 1 is 1.42 bits per heavy atom. The number of amides is 1. The number of benzene rings is 1. The monoisotopic (exact) mass is 266 g/mol. The maximum atomic E-state index is 12.9. The molecule has 1 aromatic carbocycles. The molecule has 5 heteroatoms. The maximum Gasteiger partial charge on any atom is 0.238 e. The van der Waals surface area contributed by atoms with Gasteiger partial charge >= 0.3 is 0 Å². The number of ether oxygens (including phenoxy) is 1. The van der Waals surface area contributed by atoms with Crippen LogP contribution in [0.2, 0.25) is 0 Å². The summed E-state index contributed by atoms with van der Waals surface area (Å²) in [4.78, 5) is 13.6. The maximum absolute atomic E-state index is 12.9. The zero-order valence-corrected chi connectivity index (χ0v) is 11.2. The lowest BCUT2D eigenvalue weighted by Gasteiger charge is -2.25. The van der Waals surface area contributed by atoms with Gasteiger partial charge in [0.15, 0.2) is 0 Å². The van der Waals surface area contributed by atoms with E-state index < -0.39 is 0 Å². The van der Waals surface area contributed by atoms with Gasteiger partial charge in [0.05, 0.1) is 19.3 Å². The molecule has 2 rings (SSSR count). The molecule has 4 nitrogen and oxygen atoms in total. The molecule has 1 aromatic rings. The minimum Gasteiger partial charge on any atom is -0.377 e. The Kier molecular flexibility index (Phi) is 4.50. The summed E-state index contributed by atoms with van der Waals surface area (Å²) in [6.07, 6.45) is -0.0428. The van der Waals surface area contributed by atoms with Gasteiger partial charge in [-0.05, 0) is 31.5 Å². The second-order valence-corrected chi connectivity index (χ2v) is 4.84. The molecular formula is C14H19FN2O2. The van der Waals surface area contributed by atoms with Gasteiger partial charge < -0.3 is 9.64 Å². The van der Waals surface area contributed by atoms with Crippen LogP contribution in [0.1, 0.15) is 25.6 Å². The Morgan fingerprint density at radius 2 is 2.11 bits per heavy atom. The molecule has 1 atom stereocenters. The van der Waals surface area contributed by atoms with Crippen LogP contribution in [-0.4, -0.2) is 36.6 Å². The van der Waals surface area contributed by atoms with Crippen LogP contribution in [-0.2, 0) is 9.53 Å². The van der Waals surface area contributed by atoms with Crippen molar-refractivity contribution in [2.24, 2.45) is 0 Å². The number of nitrogens with one attached hydrogen (secondary N) is 1. The Balaban J connectivity index is 2.02. The number of halogens is 1. The zero-order chi connectivity index (χ0) is 13.8. The Labute approximate surface area is 112 Å². The van der Waals surface area contributed by atoms with Crippen LogP contribution in [0.25, 0.3) is 0 Å². The summed E-state index contributed by atoms with van der Waals surface area (Å²) in [7, 11) is 0. The summed E-state index contributed by atoms with van der Waals surface area (Å²) in [5.41, 5.74) is 0.886. The van der Waals surface area contributed by atoms with Crippen LogP contribution < -0.4 is 5.32 Å². The highest BCUT2D eigenvalue weighted by Gasteiger charge is 2.31. The number of nitrogens with zero attached hydrogens (tertiary/aromatic N) is 1. The number of carbonyl (C=O) groups is 1. The molecule has 0 radical (unpaired) electrons. The number of hydrogen-bond donors (Lipinski definition) is 1. The molecule has 0 spiro atoms. The summed E-state index contributed by atoms with van der Waals surface area (Å²) in [6.45, 7) is 5.27. The number of carbonyl (C=O) groups excluding carboxylic acids is 1. The zero-order valence-electron chi connectivity index (χ0n) is 11.2. The lowest BCUT2D eigenvalue weighted by molar-refractivity contribution is -0.129. The molecule has 0 saturated carbocycles. The first kappa shape index (κ1) is 14.0. The van der Waals surface area contributed by atoms with Gasteiger partial charge in [0, 0.05) is 6.54 Å². The minimum atomic E-state index is -0.275. The Bertz CT molecular complexity index is 434. The molecule has 1 unspecified atom stereocenters. The topological polar surface area (TPSA) is 41.6 Å². The molecular weight excluding hydrogens is 247 g/mol. The lowest BCUT2D eigenvalue weighted by Crippen LogP contribution is -2.33. The van der Waals surface area contributed by atoms with Crippen LogP contribution in [0.4, 0.5) is 4.39 Å². The van der Waals surface area contributed by atoms with Crippen molar-refractivity contribution in [2.45, 2.75) is 26.1 Å². The smallest absolute Gasteiger partial charge is 0.238 e. The van der Waals surface area contributed by atoms with Crippen molar-refractivity contribution in [3.05, 3.63) is 35.6 Å². The highest BCUT2D eigenvalue weighted by atomic mass is 19.1. The average molecular weight is 266 g/mol. The van der Waals surface area contributed by atoms with Crippen molar-refractivity contribution < 1.29 is 13.9 Å². The summed E-state index contributed by atoms with van der Waals surface area (Å²) in [5, 5.41) is 3.13. The van der Waals surface area contributed by atoms with Crippen molar-refractivity contribution in [1.82, 2.24) is 10.2 Å². The number of rotatable bonds is 5. The molecule has 1 fully saturated rings. The van der Waals surface area contributed by atoms with Gasteiger partial charge in [-0.25, -0.2) is 4.39 Å². The predicted octanol–water partition coefficient (Wildman–Crippen LogP) is 1.68. The lowest BCUT2D eigenvalue weighted by atomic mass is 10.1. The second-order valence-electron chi connectivity index (χ2n) is 4.84. The average Bonchev–Trinajstić information content (AvgIpc) is 2.72. The Morgan fingerprint density at radius 3 is 2.74 bits per heavy atom. The third-order valence-corrected chi connectivity index (χ3v) is 3.05. The van der Waals surface area contributed by atoms with Crippen LogP contribution >= 0.6 is 0 Å². The highest BCUT2D eigenvalue weighted by molar-refractivity contribution is 5.80. The normalized spacial score (nSPS) is 19.5. The van der Waals surface area contributed by atoms with E-state index in [4.69, 9.17) is 4.74 Å². The van der Waals surface area contributed by atoms with Crippen molar-refractivity contribution in [1.29, 1.82) is 0 Å². The van der Waals surface area contributed by atoms with Gasteiger partial charge in [0.1, 0.15) is 12.0 Å². The molecule has 1 N–H and O–H groups in total. The fraction of sp³-hybridized carbons (Fsp3) is 0.500. The second kappa shape index (κ2) is 6.12. The molecule has 0 bridgehead atoms. The van der Waals surface area contributed by atoms with Gasteiger partial charge in [-0.1, -0.05) is 12.1 Å². The molecule has 104 valence electrons. The van der Waals surface area contributed by atoms with E-state index in [0.29, 0.717) is 19.7 Å². The highest BCUT2D eigenvalue weighted by Crippen LogP contribution is 2.22. The van der Waals surface area contributed by atoms with E-state index in [-0.39, 0.29) is 24.0 Å². The SMILES string of the molecule is CC(C)OCCN1C(=O)CNC1c1ccc(F)cc1. The Hall–Kier alpha value is -1.46. The van der Waals surface area contributed by atoms with Crippen molar-refractivity contribution in [3.63, 3.8) is 0 Å². The predicted molar refractivity (Wildman–Crippen MR) is 69.9 cm³/mol. The van der Waals surface area contributed by atoms with E-state index in [1.165, 1.54) is 12.1 Å². The summed E-state index contributed by atoms with van der Waals surface area (Å²) < 4.78 is 18.4. The largest absolute Gasteiger partial charge is 0.377 e. The van der Waals surface area contributed by atoms with E-state index in [0.717, 1.165) is 5.56 Å². The standard InChI is InChI=1S/C14H19FN2O2/c1-10(2)19-8-7-17-13(18)9-16-14(17)11-3-5-12(15)6-4-11/h3-6,10,14,16H,7-9H2,1-2H3. The summed E-state index contributed by atoms with van der Waals surface area (Å²) >= 11 is 0. The molecule has 1 saturated heterocycles. The van der Waals surface area contributed by atoms with Crippen LogP contribution in [0.15, 0.2) is 24.3 Å². The van der Waals surface area contributed by atoms with Gasteiger partial charge in [-0.3, -0.25) is 10.1 Å². The van der Waals surface area contributed by atoms with Crippen LogP contribution in [0.5, 0.6) is 0 Å². The third-order valence-electron chi connectivity index (χ3n) is 3.05. The van der Waals surface area contributed by atoms with Gasteiger partial charge in [0.2, 0.25) is 5.91 Å². The van der Waals surface area contributed by atoms with E-state index in [1.807, 2.05) is 13.8 Å². The van der Waals surface area contributed by atoms with Crippen molar-refractivity contribution in [3.8, 4) is 0 Å². The van der Waals surface area contributed by atoms with Gasteiger partial charge in [0.25, 0.3) is 0 Å². The van der Waals surface area contributed by atoms with E-state index in [9.17, 15) is 9.18 Å². The minimum absolute atomic E-state index is 0.0432. The molecule has 0 aliphatic carbocycles. The first-order valence-corrected chi connectivity index (χ1v) is 6.48. The fourth-order valence-electron chi connectivity index (χ4n) is 2.12. The van der Waals surface area contributed by atoms with E-state index in [2.05, 4.69) is 5.32 Å². The van der Waals surface area contributed by atoms with Gasteiger partial charge in [-0.2, -0.15) is 0 Å². The number of hydrogen-bond acceptors (Lipinski definition) is 3. The molecule has 1 heterocycles. The molecule has 0 aromatic heterocycles. The first-order valence-electron chi connectivity index (χ1n) is 6.48. The first-order chi connectivity index (χ1) is 9.08. The molecule has 1 amide bonds. The van der Waals surface area contributed by atoms with Crippen LogP contribution in [0, 0.1) is 5.82 Å². The van der Waals surface area contributed by atoms with Crippen LogP contribution in [0.3, 0.4) is 0 Å². The summed E-state index contributed by atoms with van der Waals surface area (Å²) in [6, 6.07) is 6.20. The third kappa shape index (κ3) is 3.52. The molecule has 1 aliphatic rings. The van der Waals surface area contributed by atoms with E-state index in [1.54, 1.807) is 17.0 Å².